The molecule has 2 unspecified atom stereocenters. The highest BCUT2D eigenvalue weighted by molar-refractivity contribution is 8.01. The molecule has 2 amide bonds. The largest absolute Gasteiger partial charge is 0.416 e. The van der Waals surface area contributed by atoms with E-state index in [-0.39, 0.29) is 42.4 Å². The summed E-state index contributed by atoms with van der Waals surface area (Å²) in [7, 11) is 0. The molecular formula is C21H20F4N2O2S. The molecule has 0 bridgehead atoms. The minimum Gasteiger partial charge on any atom is -0.352 e. The SMILES string of the molecule is CC1SC(c2ccc(C(F)(F)F)cc2)N(CCC(=O)NCc2ccc(F)cc2)C1=O. The van der Waals surface area contributed by atoms with Crippen LogP contribution < -0.4 is 5.32 Å². The summed E-state index contributed by atoms with van der Waals surface area (Å²) in [6, 6.07) is 10.5. The molecule has 1 saturated heterocycles. The third-order valence-electron chi connectivity index (χ3n) is 4.75. The quantitative estimate of drug-likeness (QED) is 0.673. The summed E-state index contributed by atoms with van der Waals surface area (Å²) in [5.41, 5.74) is 0.576. The van der Waals surface area contributed by atoms with Crippen molar-refractivity contribution in [1.82, 2.24) is 10.2 Å². The topological polar surface area (TPSA) is 49.4 Å². The molecule has 1 aliphatic heterocycles. The fourth-order valence-corrected chi connectivity index (χ4v) is 4.42. The number of amides is 2. The van der Waals surface area contributed by atoms with Gasteiger partial charge in [0.05, 0.1) is 10.8 Å². The van der Waals surface area contributed by atoms with E-state index < -0.39 is 17.1 Å². The third-order valence-corrected chi connectivity index (χ3v) is 6.15. The average Bonchev–Trinajstić information content (AvgIpc) is 2.99. The van der Waals surface area contributed by atoms with Gasteiger partial charge >= 0.3 is 6.18 Å². The first-order chi connectivity index (χ1) is 14.1. The van der Waals surface area contributed by atoms with Gasteiger partial charge in [-0.1, -0.05) is 24.3 Å². The molecule has 1 heterocycles. The number of alkyl halides is 3. The summed E-state index contributed by atoms with van der Waals surface area (Å²) in [5, 5.41) is 1.92. The highest BCUT2D eigenvalue weighted by atomic mass is 32.2. The number of hydrogen-bond acceptors (Lipinski definition) is 3. The second-order valence-corrected chi connectivity index (χ2v) is 8.36. The maximum Gasteiger partial charge on any atom is 0.416 e. The Kier molecular flexibility index (Phi) is 6.70. The zero-order chi connectivity index (χ0) is 21.9. The molecule has 0 spiro atoms. The summed E-state index contributed by atoms with van der Waals surface area (Å²) in [4.78, 5) is 26.2. The van der Waals surface area contributed by atoms with Crippen molar-refractivity contribution in [1.29, 1.82) is 0 Å². The normalized spacial score (nSPS) is 19.2. The van der Waals surface area contributed by atoms with E-state index in [1.165, 1.54) is 40.9 Å². The fourth-order valence-electron chi connectivity index (χ4n) is 3.11. The van der Waals surface area contributed by atoms with Gasteiger partial charge in [0.15, 0.2) is 0 Å². The molecule has 1 N–H and O–H groups in total. The molecule has 30 heavy (non-hydrogen) atoms. The number of thioether (sulfide) groups is 1. The van der Waals surface area contributed by atoms with E-state index in [1.807, 2.05) is 0 Å². The van der Waals surface area contributed by atoms with Crippen molar-refractivity contribution in [2.45, 2.75) is 36.7 Å². The summed E-state index contributed by atoms with van der Waals surface area (Å²) in [6.45, 7) is 2.12. The molecular weight excluding hydrogens is 420 g/mol. The van der Waals surface area contributed by atoms with E-state index in [9.17, 15) is 27.2 Å². The Morgan fingerprint density at radius 3 is 2.33 bits per heavy atom. The molecule has 0 aliphatic carbocycles. The van der Waals surface area contributed by atoms with Crippen LogP contribution in [0.3, 0.4) is 0 Å². The van der Waals surface area contributed by atoms with Gasteiger partial charge in [0.1, 0.15) is 11.2 Å². The Labute approximate surface area is 175 Å². The molecule has 0 radical (unpaired) electrons. The monoisotopic (exact) mass is 440 g/mol. The molecule has 1 aliphatic rings. The van der Waals surface area contributed by atoms with Crippen LogP contribution in [0.1, 0.15) is 35.4 Å². The van der Waals surface area contributed by atoms with Gasteiger partial charge in [-0.2, -0.15) is 13.2 Å². The Morgan fingerprint density at radius 1 is 1.10 bits per heavy atom. The molecule has 4 nitrogen and oxygen atoms in total. The van der Waals surface area contributed by atoms with Crippen molar-refractivity contribution >= 4 is 23.6 Å². The minimum absolute atomic E-state index is 0.0529. The van der Waals surface area contributed by atoms with Crippen molar-refractivity contribution in [2.75, 3.05) is 6.54 Å². The van der Waals surface area contributed by atoms with Gasteiger partial charge in [-0.15, -0.1) is 11.8 Å². The maximum absolute atomic E-state index is 12.9. The Bertz CT molecular complexity index is 901. The van der Waals surface area contributed by atoms with Crippen LogP contribution in [0.15, 0.2) is 48.5 Å². The first-order valence-electron chi connectivity index (χ1n) is 9.29. The molecule has 2 aromatic rings. The summed E-state index contributed by atoms with van der Waals surface area (Å²) >= 11 is 1.34. The first kappa shape index (κ1) is 22.1. The Morgan fingerprint density at radius 2 is 1.73 bits per heavy atom. The molecule has 2 atom stereocenters. The molecule has 9 heteroatoms. The van der Waals surface area contributed by atoms with Crippen LogP contribution in [0.25, 0.3) is 0 Å². The van der Waals surface area contributed by atoms with E-state index in [1.54, 1.807) is 19.1 Å². The third kappa shape index (κ3) is 5.33. The summed E-state index contributed by atoms with van der Waals surface area (Å²) in [5.74, 6) is -0.794. The van der Waals surface area contributed by atoms with Gasteiger partial charge in [-0.25, -0.2) is 4.39 Å². The van der Waals surface area contributed by atoms with Crippen LogP contribution in [0.4, 0.5) is 17.6 Å². The Hall–Kier alpha value is -2.55. The second-order valence-electron chi connectivity index (χ2n) is 6.94. The first-order valence-corrected chi connectivity index (χ1v) is 10.2. The van der Waals surface area contributed by atoms with E-state index in [0.29, 0.717) is 5.56 Å². The van der Waals surface area contributed by atoms with E-state index >= 15 is 0 Å². The van der Waals surface area contributed by atoms with Gasteiger partial charge in [0, 0.05) is 19.5 Å². The van der Waals surface area contributed by atoms with Crippen LogP contribution in [0, 0.1) is 5.82 Å². The van der Waals surface area contributed by atoms with Gasteiger partial charge < -0.3 is 10.2 Å². The van der Waals surface area contributed by atoms with E-state index in [2.05, 4.69) is 5.32 Å². The maximum atomic E-state index is 12.9. The van der Waals surface area contributed by atoms with Gasteiger partial charge in [-0.05, 0) is 42.3 Å². The number of nitrogens with one attached hydrogen (secondary N) is 1. The van der Waals surface area contributed by atoms with Crippen LogP contribution >= 0.6 is 11.8 Å². The predicted molar refractivity (Wildman–Crippen MR) is 106 cm³/mol. The molecule has 1 fully saturated rings. The van der Waals surface area contributed by atoms with Gasteiger partial charge in [-0.3, -0.25) is 9.59 Å². The highest BCUT2D eigenvalue weighted by Gasteiger charge is 2.39. The molecule has 2 aromatic carbocycles. The zero-order valence-electron chi connectivity index (χ0n) is 16.1. The van der Waals surface area contributed by atoms with Crippen LogP contribution in [0.5, 0.6) is 0 Å². The van der Waals surface area contributed by atoms with Crippen molar-refractivity contribution in [3.05, 3.63) is 71.0 Å². The highest BCUT2D eigenvalue weighted by Crippen LogP contribution is 2.43. The number of hydrogen-bond donors (Lipinski definition) is 1. The fraction of sp³-hybridized carbons (Fsp3) is 0.333. The van der Waals surface area contributed by atoms with Crippen molar-refractivity contribution in [2.24, 2.45) is 0 Å². The number of rotatable bonds is 6. The molecule has 3 rings (SSSR count). The van der Waals surface area contributed by atoms with E-state index in [0.717, 1.165) is 17.7 Å². The van der Waals surface area contributed by atoms with Crippen molar-refractivity contribution < 1.29 is 27.2 Å². The Balaban J connectivity index is 1.60. The molecule has 0 saturated carbocycles. The zero-order valence-corrected chi connectivity index (χ0v) is 16.9. The number of carbonyl (C=O) groups excluding carboxylic acids is 2. The number of nitrogens with zero attached hydrogens (tertiary/aromatic N) is 1. The lowest BCUT2D eigenvalue weighted by molar-refractivity contribution is -0.137. The summed E-state index contributed by atoms with van der Waals surface area (Å²) < 4.78 is 51.3. The van der Waals surface area contributed by atoms with Crippen molar-refractivity contribution in [3.8, 4) is 0 Å². The lowest BCUT2D eigenvalue weighted by Crippen LogP contribution is -2.34. The number of benzene rings is 2. The molecule has 160 valence electrons. The van der Waals surface area contributed by atoms with Gasteiger partial charge in [0.25, 0.3) is 0 Å². The number of halogens is 4. The molecule has 0 aromatic heterocycles. The van der Waals surface area contributed by atoms with Crippen molar-refractivity contribution in [3.63, 3.8) is 0 Å². The number of carbonyl (C=O) groups is 2. The standard InChI is InChI=1S/C21H20F4N2O2S/c1-13-19(29)27(11-10-18(28)26-12-14-2-8-17(22)9-3-14)20(30-13)15-4-6-16(7-5-15)21(23,24)25/h2-9,13,20H,10-12H2,1H3,(H,26,28). The minimum atomic E-state index is -4.42. The van der Waals surface area contributed by atoms with E-state index in [4.69, 9.17) is 0 Å². The lowest BCUT2D eigenvalue weighted by atomic mass is 10.1. The predicted octanol–water partition coefficient (Wildman–Crippen LogP) is 4.51. The smallest absolute Gasteiger partial charge is 0.352 e. The van der Waals surface area contributed by atoms with Gasteiger partial charge in [0.2, 0.25) is 11.8 Å². The van der Waals surface area contributed by atoms with Crippen LogP contribution in [-0.2, 0) is 22.3 Å². The van der Waals surface area contributed by atoms with Crippen LogP contribution in [-0.4, -0.2) is 28.5 Å². The summed E-state index contributed by atoms with van der Waals surface area (Å²) in [6.07, 6.45) is -4.37. The second kappa shape index (κ2) is 9.07. The van der Waals surface area contributed by atoms with Crippen LogP contribution in [0.2, 0.25) is 0 Å². The average molecular weight is 440 g/mol. The lowest BCUT2D eigenvalue weighted by Gasteiger charge is -2.24.